The molecule has 1 heterocycles. The molecule has 0 amide bonds. The van der Waals surface area contributed by atoms with E-state index < -0.39 is 0 Å². The molecule has 1 aromatic rings. The van der Waals surface area contributed by atoms with Crippen LogP contribution in [-0.2, 0) is 0 Å². The summed E-state index contributed by atoms with van der Waals surface area (Å²) in [5, 5.41) is 3.35. The van der Waals surface area contributed by atoms with Crippen LogP contribution >= 0.6 is 12.4 Å². The average Bonchev–Trinajstić information content (AvgIpc) is 2.25. The fourth-order valence-corrected chi connectivity index (χ4v) is 2.07. The molecule has 0 atom stereocenters. The molecule has 1 aliphatic rings. The molecule has 3 heteroatoms. The van der Waals surface area contributed by atoms with Crippen LogP contribution in [0.15, 0.2) is 18.2 Å². The third kappa shape index (κ3) is 3.13. The average molecular weight is 242 g/mol. The Hall–Kier alpha value is -0.730. The first-order chi connectivity index (χ1) is 7.27. The van der Waals surface area contributed by atoms with E-state index in [1.165, 1.54) is 11.1 Å². The van der Waals surface area contributed by atoms with E-state index in [1.54, 1.807) is 0 Å². The minimum Gasteiger partial charge on any atom is -0.490 e. The van der Waals surface area contributed by atoms with Crippen molar-refractivity contribution in [2.45, 2.75) is 32.8 Å². The van der Waals surface area contributed by atoms with Crippen LogP contribution in [0.1, 0.15) is 24.0 Å². The van der Waals surface area contributed by atoms with E-state index in [0.29, 0.717) is 6.10 Å². The Kier molecular flexibility index (Phi) is 5.10. The van der Waals surface area contributed by atoms with Gasteiger partial charge in [0.05, 0.1) is 0 Å². The van der Waals surface area contributed by atoms with Crippen LogP contribution in [0.2, 0.25) is 0 Å². The molecule has 0 spiro atoms. The zero-order chi connectivity index (χ0) is 10.7. The zero-order valence-corrected chi connectivity index (χ0v) is 10.8. The quantitative estimate of drug-likeness (QED) is 0.860. The van der Waals surface area contributed by atoms with Crippen LogP contribution in [0.25, 0.3) is 0 Å². The van der Waals surface area contributed by atoms with Crippen LogP contribution in [0.4, 0.5) is 0 Å². The third-order valence-electron chi connectivity index (χ3n) is 2.98. The van der Waals surface area contributed by atoms with Crippen molar-refractivity contribution >= 4 is 12.4 Å². The molecule has 2 rings (SSSR count). The number of nitrogens with one attached hydrogen (secondary N) is 1. The fourth-order valence-electron chi connectivity index (χ4n) is 2.07. The summed E-state index contributed by atoms with van der Waals surface area (Å²) in [6.45, 7) is 6.39. The lowest BCUT2D eigenvalue weighted by molar-refractivity contribution is 0.160. The van der Waals surface area contributed by atoms with Crippen LogP contribution in [-0.4, -0.2) is 19.2 Å². The maximum Gasteiger partial charge on any atom is 0.125 e. The van der Waals surface area contributed by atoms with Gasteiger partial charge in [0.2, 0.25) is 0 Å². The number of ether oxygens (including phenoxy) is 1. The highest BCUT2D eigenvalue weighted by Gasteiger charge is 2.16. The highest BCUT2D eigenvalue weighted by Crippen LogP contribution is 2.25. The number of hydrogen-bond donors (Lipinski definition) is 1. The molecule has 16 heavy (non-hydrogen) atoms. The molecule has 1 fully saturated rings. The number of benzene rings is 1. The number of para-hydroxylation sites is 1. The van der Waals surface area contributed by atoms with Crippen molar-refractivity contribution < 1.29 is 4.74 Å². The SMILES string of the molecule is Cc1cccc(C)c1OC1CCNCC1.Cl. The van der Waals surface area contributed by atoms with E-state index in [-0.39, 0.29) is 12.4 Å². The Labute approximate surface area is 104 Å². The van der Waals surface area contributed by atoms with Crippen molar-refractivity contribution in [1.29, 1.82) is 0 Å². The van der Waals surface area contributed by atoms with Gasteiger partial charge >= 0.3 is 0 Å². The monoisotopic (exact) mass is 241 g/mol. The molecule has 0 bridgehead atoms. The minimum atomic E-state index is 0. The van der Waals surface area contributed by atoms with E-state index in [0.717, 1.165) is 31.7 Å². The van der Waals surface area contributed by atoms with Gasteiger partial charge in [0.15, 0.2) is 0 Å². The predicted octanol–water partition coefficient (Wildman–Crippen LogP) is 2.86. The van der Waals surface area contributed by atoms with Crippen molar-refractivity contribution in [1.82, 2.24) is 5.32 Å². The highest BCUT2D eigenvalue weighted by atomic mass is 35.5. The Morgan fingerprint density at radius 1 is 1.12 bits per heavy atom. The molecule has 1 aromatic carbocycles. The van der Waals surface area contributed by atoms with Crippen LogP contribution < -0.4 is 10.1 Å². The van der Waals surface area contributed by atoms with Gasteiger partial charge in [0, 0.05) is 0 Å². The van der Waals surface area contributed by atoms with Crippen LogP contribution in [0.3, 0.4) is 0 Å². The minimum absolute atomic E-state index is 0. The summed E-state index contributed by atoms with van der Waals surface area (Å²) in [5.41, 5.74) is 2.49. The summed E-state index contributed by atoms with van der Waals surface area (Å²) >= 11 is 0. The zero-order valence-electron chi connectivity index (χ0n) is 9.95. The molecular formula is C13H20ClNO. The molecule has 2 nitrogen and oxygen atoms in total. The molecule has 0 radical (unpaired) electrons. The van der Waals surface area contributed by atoms with Crippen LogP contribution in [0, 0.1) is 13.8 Å². The molecule has 0 unspecified atom stereocenters. The largest absolute Gasteiger partial charge is 0.490 e. The Balaban J connectivity index is 0.00000128. The van der Waals surface area contributed by atoms with E-state index in [1.807, 2.05) is 0 Å². The first kappa shape index (κ1) is 13.3. The molecular weight excluding hydrogens is 222 g/mol. The topological polar surface area (TPSA) is 21.3 Å². The standard InChI is InChI=1S/C13H19NO.ClH/c1-10-4-3-5-11(2)13(10)15-12-6-8-14-9-7-12;/h3-5,12,14H,6-9H2,1-2H3;1H. The van der Waals surface area contributed by atoms with Crippen molar-refractivity contribution in [3.63, 3.8) is 0 Å². The normalized spacial score (nSPS) is 16.6. The third-order valence-corrected chi connectivity index (χ3v) is 2.98. The van der Waals surface area contributed by atoms with Crippen molar-refractivity contribution in [2.24, 2.45) is 0 Å². The van der Waals surface area contributed by atoms with E-state index >= 15 is 0 Å². The van der Waals surface area contributed by atoms with Gasteiger partial charge in [-0.25, -0.2) is 0 Å². The van der Waals surface area contributed by atoms with Gasteiger partial charge in [0.25, 0.3) is 0 Å². The first-order valence-electron chi connectivity index (χ1n) is 5.71. The van der Waals surface area contributed by atoms with E-state index in [2.05, 4.69) is 37.4 Å². The highest BCUT2D eigenvalue weighted by molar-refractivity contribution is 5.85. The second kappa shape index (κ2) is 6.12. The Morgan fingerprint density at radius 3 is 2.25 bits per heavy atom. The van der Waals surface area contributed by atoms with Crippen molar-refractivity contribution in [3.05, 3.63) is 29.3 Å². The summed E-state index contributed by atoms with van der Waals surface area (Å²) in [6.07, 6.45) is 2.63. The summed E-state index contributed by atoms with van der Waals surface area (Å²) in [4.78, 5) is 0. The molecule has 1 saturated heterocycles. The summed E-state index contributed by atoms with van der Waals surface area (Å²) in [6, 6.07) is 6.31. The smallest absolute Gasteiger partial charge is 0.125 e. The first-order valence-corrected chi connectivity index (χ1v) is 5.71. The van der Waals surface area contributed by atoms with Gasteiger partial charge in [-0.3, -0.25) is 0 Å². The lowest BCUT2D eigenvalue weighted by Crippen LogP contribution is -2.34. The van der Waals surface area contributed by atoms with Gasteiger partial charge in [-0.15, -0.1) is 12.4 Å². The van der Waals surface area contributed by atoms with Gasteiger partial charge in [-0.05, 0) is 50.9 Å². The van der Waals surface area contributed by atoms with E-state index in [4.69, 9.17) is 4.74 Å². The second-order valence-corrected chi connectivity index (χ2v) is 4.29. The predicted molar refractivity (Wildman–Crippen MR) is 69.7 cm³/mol. The van der Waals surface area contributed by atoms with Gasteiger partial charge in [0.1, 0.15) is 11.9 Å². The maximum atomic E-state index is 6.08. The number of aryl methyl sites for hydroxylation is 2. The number of piperidine rings is 1. The van der Waals surface area contributed by atoms with Crippen molar-refractivity contribution in [2.75, 3.05) is 13.1 Å². The number of halogens is 1. The Bertz CT molecular complexity index is 314. The molecule has 90 valence electrons. The molecule has 0 aliphatic carbocycles. The second-order valence-electron chi connectivity index (χ2n) is 4.29. The number of rotatable bonds is 2. The molecule has 0 saturated carbocycles. The molecule has 1 aliphatic heterocycles. The van der Waals surface area contributed by atoms with Crippen molar-refractivity contribution in [3.8, 4) is 5.75 Å². The summed E-state index contributed by atoms with van der Waals surface area (Å²) < 4.78 is 6.08. The summed E-state index contributed by atoms with van der Waals surface area (Å²) in [7, 11) is 0. The summed E-state index contributed by atoms with van der Waals surface area (Å²) in [5.74, 6) is 1.09. The maximum absolute atomic E-state index is 6.08. The lowest BCUT2D eigenvalue weighted by atomic mass is 10.1. The number of hydrogen-bond acceptors (Lipinski definition) is 2. The van der Waals surface area contributed by atoms with Gasteiger partial charge in [-0.1, -0.05) is 18.2 Å². The lowest BCUT2D eigenvalue weighted by Gasteiger charge is -2.25. The van der Waals surface area contributed by atoms with E-state index in [9.17, 15) is 0 Å². The van der Waals surface area contributed by atoms with Gasteiger partial charge < -0.3 is 10.1 Å². The molecule has 0 aromatic heterocycles. The molecule has 1 N–H and O–H groups in total. The fraction of sp³-hybridized carbons (Fsp3) is 0.538. The van der Waals surface area contributed by atoms with Crippen LogP contribution in [0.5, 0.6) is 5.75 Å². The Morgan fingerprint density at radius 2 is 1.69 bits per heavy atom. The van der Waals surface area contributed by atoms with Gasteiger partial charge in [-0.2, -0.15) is 0 Å².